The molecule has 32 heavy (non-hydrogen) atoms. The fourth-order valence-corrected chi connectivity index (χ4v) is 6.94. The molecular formula is C27H56O4Si. The second-order valence-corrected chi connectivity index (χ2v) is 14.4. The van der Waals surface area contributed by atoms with Gasteiger partial charge in [0.1, 0.15) is 12.7 Å². The zero-order valence-electron chi connectivity index (χ0n) is 22.1. The molecule has 0 aromatic heterocycles. The molecule has 0 saturated heterocycles. The molecule has 5 heteroatoms. The lowest BCUT2D eigenvalue weighted by molar-refractivity contribution is -0.147. The number of unbranched alkanes of at least 4 members (excludes halogenated alkanes) is 14. The van der Waals surface area contributed by atoms with Crippen LogP contribution in [-0.2, 0) is 14.0 Å². The van der Waals surface area contributed by atoms with E-state index < -0.39 is 14.4 Å². The van der Waals surface area contributed by atoms with E-state index in [2.05, 4.69) is 27.7 Å². The van der Waals surface area contributed by atoms with Crippen LogP contribution in [0.4, 0.5) is 0 Å². The highest BCUT2D eigenvalue weighted by Crippen LogP contribution is 2.21. The van der Waals surface area contributed by atoms with Gasteiger partial charge in [-0.25, -0.2) is 0 Å². The van der Waals surface area contributed by atoms with Crippen LogP contribution in [0.15, 0.2) is 0 Å². The number of hydrogen-bond donors (Lipinski definition) is 1. The Morgan fingerprint density at radius 2 is 1.06 bits per heavy atom. The minimum Gasteiger partial charge on any atom is -0.463 e. The van der Waals surface area contributed by atoms with E-state index in [-0.39, 0.29) is 19.2 Å². The molecule has 0 rings (SSSR count). The molecule has 0 fully saturated rings. The minimum absolute atomic E-state index is 0.0548. The normalized spacial score (nSPS) is 12.8. The lowest BCUT2D eigenvalue weighted by Crippen LogP contribution is -2.39. The van der Waals surface area contributed by atoms with E-state index in [9.17, 15) is 9.90 Å². The summed E-state index contributed by atoms with van der Waals surface area (Å²) in [6, 6.07) is 3.18. The van der Waals surface area contributed by atoms with E-state index >= 15 is 0 Å². The SMILES string of the molecule is CCCCCCCCCCCCCCCCCC(=O)OC[C@@H](O)CO[Si](CC)(CC)CC. The molecule has 192 valence electrons. The summed E-state index contributed by atoms with van der Waals surface area (Å²) in [4.78, 5) is 11.9. The summed E-state index contributed by atoms with van der Waals surface area (Å²) in [6.07, 6.45) is 19.5. The van der Waals surface area contributed by atoms with Gasteiger partial charge < -0.3 is 14.3 Å². The van der Waals surface area contributed by atoms with Crippen molar-refractivity contribution in [1.29, 1.82) is 0 Å². The average Bonchev–Trinajstić information content (AvgIpc) is 2.81. The molecule has 0 aromatic carbocycles. The Morgan fingerprint density at radius 1 is 0.656 bits per heavy atom. The molecule has 0 aliphatic carbocycles. The fourth-order valence-electron chi connectivity index (χ4n) is 4.28. The topological polar surface area (TPSA) is 55.8 Å². The van der Waals surface area contributed by atoms with Crippen LogP contribution in [-0.4, -0.2) is 38.7 Å². The molecule has 1 atom stereocenters. The van der Waals surface area contributed by atoms with Crippen molar-refractivity contribution in [2.45, 2.75) is 155 Å². The van der Waals surface area contributed by atoms with Crippen molar-refractivity contribution < 1.29 is 19.1 Å². The van der Waals surface area contributed by atoms with Crippen molar-refractivity contribution in [3.8, 4) is 0 Å². The first-order valence-electron chi connectivity index (χ1n) is 14.0. The van der Waals surface area contributed by atoms with Crippen molar-refractivity contribution in [2.24, 2.45) is 0 Å². The van der Waals surface area contributed by atoms with Crippen LogP contribution >= 0.6 is 0 Å². The minimum atomic E-state index is -1.69. The fraction of sp³-hybridized carbons (Fsp3) is 0.963. The van der Waals surface area contributed by atoms with Gasteiger partial charge in [0.05, 0.1) is 6.61 Å². The third kappa shape index (κ3) is 18.1. The molecular weight excluding hydrogens is 416 g/mol. The predicted octanol–water partition coefficient (Wildman–Crippen LogP) is 8.17. The first-order valence-corrected chi connectivity index (χ1v) is 16.5. The van der Waals surface area contributed by atoms with Crippen LogP contribution in [0.25, 0.3) is 0 Å². The van der Waals surface area contributed by atoms with E-state index in [1.54, 1.807) is 0 Å². The van der Waals surface area contributed by atoms with Crippen molar-refractivity contribution >= 4 is 14.3 Å². The summed E-state index contributed by atoms with van der Waals surface area (Å²) in [5.41, 5.74) is 0. The van der Waals surface area contributed by atoms with E-state index in [0.717, 1.165) is 31.0 Å². The predicted molar refractivity (Wildman–Crippen MR) is 140 cm³/mol. The number of hydrogen-bond acceptors (Lipinski definition) is 4. The molecule has 0 bridgehead atoms. The zero-order chi connectivity index (χ0) is 23.9. The van der Waals surface area contributed by atoms with E-state index in [0.29, 0.717) is 6.42 Å². The summed E-state index contributed by atoms with van der Waals surface area (Å²) in [5, 5.41) is 10.1. The Labute approximate surface area is 201 Å². The summed E-state index contributed by atoms with van der Waals surface area (Å²) in [5.74, 6) is -0.191. The van der Waals surface area contributed by atoms with Gasteiger partial charge in [0, 0.05) is 6.42 Å². The molecule has 0 spiro atoms. The average molecular weight is 473 g/mol. The lowest BCUT2D eigenvalue weighted by atomic mass is 10.0. The zero-order valence-corrected chi connectivity index (χ0v) is 23.1. The van der Waals surface area contributed by atoms with Crippen LogP contribution in [0.1, 0.15) is 130 Å². The monoisotopic (exact) mass is 472 g/mol. The molecule has 0 unspecified atom stereocenters. The van der Waals surface area contributed by atoms with E-state index in [4.69, 9.17) is 9.16 Å². The van der Waals surface area contributed by atoms with E-state index in [1.807, 2.05) is 0 Å². The summed E-state index contributed by atoms with van der Waals surface area (Å²) in [7, 11) is -1.69. The number of aliphatic hydroxyl groups is 1. The smallest absolute Gasteiger partial charge is 0.305 e. The maximum Gasteiger partial charge on any atom is 0.305 e. The summed E-state index contributed by atoms with van der Waals surface area (Å²) in [6.45, 7) is 9.12. The van der Waals surface area contributed by atoms with Gasteiger partial charge in [0.15, 0.2) is 8.32 Å². The molecule has 0 saturated carbocycles. The number of ether oxygens (including phenoxy) is 1. The summed E-state index contributed by atoms with van der Waals surface area (Å²) >= 11 is 0. The lowest BCUT2D eigenvalue weighted by Gasteiger charge is -2.29. The Balaban J connectivity index is 3.46. The molecule has 0 aliphatic heterocycles. The number of carbonyl (C=O) groups excluding carboxylic acids is 1. The highest BCUT2D eigenvalue weighted by Gasteiger charge is 2.29. The van der Waals surface area contributed by atoms with E-state index in [1.165, 1.54) is 83.5 Å². The number of rotatable bonds is 24. The van der Waals surface area contributed by atoms with Gasteiger partial charge in [-0.3, -0.25) is 4.79 Å². The number of aliphatic hydroxyl groups excluding tert-OH is 1. The maximum absolute atomic E-state index is 11.9. The Kier molecular flexibility index (Phi) is 22.1. The van der Waals surface area contributed by atoms with Crippen molar-refractivity contribution in [1.82, 2.24) is 0 Å². The first kappa shape index (κ1) is 31.6. The number of carbonyl (C=O) groups is 1. The highest BCUT2D eigenvalue weighted by atomic mass is 28.4. The third-order valence-electron chi connectivity index (χ3n) is 6.94. The molecule has 1 N–H and O–H groups in total. The summed E-state index contributed by atoms with van der Waals surface area (Å²) < 4.78 is 11.3. The molecule has 0 radical (unpaired) electrons. The van der Waals surface area contributed by atoms with Crippen LogP contribution in [0, 0.1) is 0 Å². The molecule has 0 amide bonds. The van der Waals surface area contributed by atoms with Crippen LogP contribution < -0.4 is 0 Å². The standard InChI is InChI=1S/C27H56O4Si/c1-5-9-10-11-12-13-14-15-16-17-18-19-20-21-22-23-27(29)30-24-26(28)25-31-32(6-2,7-3)8-4/h26,28H,5-25H2,1-4H3/t26-/m1/s1. The third-order valence-corrected chi connectivity index (χ3v) is 11.6. The second-order valence-electron chi connectivity index (χ2n) is 9.59. The van der Waals surface area contributed by atoms with Crippen LogP contribution in [0.5, 0.6) is 0 Å². The Hall–Kier alpha value is -0.393. The highest BCUT2D eigenvalue weighted by molar-refractivity contribution is 6.73. The van der Waals surface area contributed by atoms with Crippen LogP contribution in [0.2, 0.25) is 18.1 Å². The largest absolute Gasteiger partial charge is 0.463 e. The van der Waals surface area contributed by atoms with Gasteiger partial charge in [-0.2, -0.15) is 0 Å². The Morgan fingerprint density at radius 3 is 1.47 bits per heavy atom. The van der Waals surface area contributed by atoms with Crippen molar-refractivity contribution in [3.05, 3.63) is 0 Å². The second kappa shape index (κ2) is 22.4. The van der Waals surface area contributed by atoms with Gasteiger partial charge in [0.25, 0.3) is 0 Å². The Bertz CT molecular complexity index is 404. The number of esters is 1. The van der Waals surface area contributed by atoms with Crippen LogP contribution in [0.3, 0.4) is 0 Å². The molecule has 0 aliphatic rings. The maximum atomic E-state index is 11.9. The van der Waals surface area contributed by atoms with Crippen molar-refractivity contribution in [2.75, 3.05) is 13.2 Å². The van der Waals surface area contributed by atoms with Gasteiger partial charge in [-0.1, -0.05) is 118 Å². The van der Waals surface area contributed by atoms with Gasteiger partial charge in [0.2, 0.25) is 0 Å². The molecule has 0 aromatic rings. The van der Waals surface area contributed by atoms with Gasteiger partial charge >= 0.3 is 5.97 Å². The first-order chi connectivity index (χ1) is 15.5. The van der Waals surface area contributed by atoms with Crippen molar-refractivity contribution in [3.63, 3.8) is 0 Å². The molecule has 4 nitrogen and oxygen atoms in total. The van der Waals surface area contributed by atoms with Gasteiger partial charge in [-0.15, -0.1) is 0 Å². The van der Waals surface area contributed by atoms with Gasteiger partial charge in [-0.05, 0) is 24.6 Å². The molecule has 0 heterocycles. The quantitative estimate of drug-likeness (QED) is 0.0874.